The summed E-state index contributed by atoms with van der Waals surface area (Å²) in [6, 6.07) is 8.63. The number of hydrogen-bond acceptors (Lipinski definition) is 3. The summed E-state index contributed by atoms with van der Waals surface area (Å²) < 4.78 is 18.9. The van der Waals surface area contributed by atoms with Crippen molar-refractivity contribution in [3.8, 4) is 0 Å². The van der Waals surface area contributed by atoms with E-state index in [2.05, 4.69) is 10.3 Å². The molecule has 4 nitrogen and oxygen atoms in total. The highest BCUT2D eigenvalue weighted by atomic mass is 35.5. The molecule has 1 aromatic heterocycles. The smallest absolute Gasteiger partial charge is 0.254 e. The predicted molar refractivity (Wildman–Crippen MR) is 89.8 cm³/mol. The van der Waals surface area contributed by atoms with Crippen LogP contribution in [0, 0.1) is 5.82 Å². The van der Waals surface area contributed by atoms with Gasteiger partial charge in [0.1, 0.15) is 16.1 Å². The first-order chi connectivity index (χ1) is 11.5. The zero-order valence-electron chi connectivity index (χ0n) is 12.6. The third-order valence-corrected chi connectivity index (χ3v) is 4.41. The number of carbonyl (C=O) groups is 1. The second-order valence-corrected chi connectivity index (χ2v) is 6.27. The Kier molecular flexibility index (Phi) is 5.33. The average Bonchev–Trinajstić information content (AvgIpc) is 3.07. The summed E-state index contributed by atoms with van der Waals surface area (Å²) in [4.78, 5) is 16.4. The maximum absolute atomic E-state index is 13.2. The highest BCUT2D eigenvalue weighted by molar-refractivity contribution is 6.34. The van der Waals surface area contributed by atoms with Crippen LogP contribution < -0.4 is 5.32 Å². The van der Waals surface area contributed by atoms with Gasteiger partial charge in [0.2, 0.25) is 0 Å². The number of aromatic nitrogens is 1. The van der Waals surface area contributed by atoms with Gasteiger partial charge in [0.25, 0.3) is 5.91 Å². The van der Waals surface area contributed by atoms with Crippen molar-refractivity contribution in [2.45, 2.75) is 25.0 Å². The fourth-order valence-electron chi connectivity index (χ4n) is 2.73. The van der Waals surface area contributed by atoms with Gasteiger partial charge in [-0.15, -0.1) is 0 Å². The van der Waals surface area contributed by atoms with E-state index in [0.717, 1.165) is 18.4 Å². The molecular formula is C17H15Cl2FN2O2. The molecule has 3 rings (SSSR count). The highest BCUT2D eigenvalue weighted by Gasteiger charge is 2.29. The first kappa shape index (κ1) is 17.1. The molecule has 1 saturated heterocycles. The number of rotatable bonds is 4. The minimum atomic E-state index is -0.396. The molecule has 0 bridgehead atoms. The van der Waals surface area contributed by atoms with Crippen molar-refractivity contribution >= 4 is 29.1 Å². The number of hydrogen-bond donors (Lipinski definition) is 1. The van der Waals surface area contributed by atoms with E-state index >= 15 is 0 Å². The number of nitrogens with one attached hydrogen (secondary N) is 1. The molecule has 24 heavy (non-hydrogen) atoms. The van der Waals surface area contributed by atoms with Crippen molar-refractivity contribution in [2.75, 3.05) is 6.61 Å². The monoisotopic (exact) mass is 368 g/mol. The lowest BCUT2D eigenvalue weighted by molar-refractivity contribution is 0.0672. The van der Waals surface area contributed by atoms with Gasteiger partial charge in [-0.3, -0.25) is 4.79 Å². The molecule has 1 fully saturated rings. The van der Waals surface area contributed by atoms with E-state index in [1.54, 1.807) is 12.1 Å². The van der Waals surface area contributed by atoms with Gasteiger partial charge in [-0.05, 0) is 42.7 Å². The maximum atomic E-state index is 13.2. The molecule has 1 aliphatic heterocycles. The molecule has 1 aromatic carbocycles. The van der Waals surface area contributed by atoms with Crippen molar-refractivity contribution in [1.29, 1.82) is 0 Å². The molecule has 1 N–H and O–H groups in total. The van der Waals surface area contributed by atoms with E-state index < -0.39 is 6.04 Å². The van der Waals surface area contributed by atoms with Crippen molar-refractivity contribution in [3.63, 3.8) is 0 Å². The Morgan fingerprint density at radius 2 is 2.00 bits per heavy atom. The van der Waals surface area contributed by atoms with Gasteiger partial charge in [-0.1, -0.05) is 35.3 Å². The van der Waals surface area contributed by atoms with E-state index in [1.165, 1.54) is 24.3 Å². The second kappa shape index (κ2) is 7.47. The van der Waals surface area contributed by atoms with Crippen LogP contribution in [0.1, 0.15) is 34.8 Å². The number of halogens is 3. The Bertz CT molecular complexity index is 734. The lowest BCUT2D eigenvalue weighted by Crippen LogP contribution is -2.36. The first-order valence-corrected chi connectivity index (χ1v) is 8.30. The minimum Gasteiger partial charge on any atom is -0.376 e. The summed E-state index contributed by atoms with van der Waals surface area (Å²) in [5.74, 6) is -0.713. The third-order valence-electron chi connectivity index (χ3n) is 3.91. The fraction of sp³-hybridized carbons (Fsp3) is 0.294. The molecule has 126 valence electrons. The molecule has 0 radical (unpaired) electrons. The van der Waals surface area contributed by atoms with Gasteiger partial charge in [-0.25, -0.2) is 9.37 Å². The Morgan fingerprint density at radius 3 is 2.62 bits per heavy atom. The van der Waals surface area contributed by atoms with E-state index in [1.807, 2.05) is 0 Å². The number of pyridine rings is 1. The van der Waals surface area contributed by atoms with Gasteiger partial charge in [0.05, 0.1) is 17.7 Å². The molecule has 2 atom stereocenters. The number of amides is 1. The Labute approximate surface area is 148 Å². The number of benzene rings is 1. The molecule has 1 amide bonds. The summed E-state index contributed by atoms with van der Waals surface area (Å²) in [5.41, 5.74) is 1.00. The van der Waals surface area contributed by atoms with Gasteiger partial charge < -0.3 is 10.1 Å². The lowest BCUT2D eigenvalue weighted by Gasteiger charge is -2.25. The van der Waals surface area contributed by atoms with E-state index in [9.17, 15) is 9.18 Å². The normalized spacial score (nSPS) is 18.4. The summed E-state index contributed by atoms with van der Waals surface area (Å²) in [6.45, 7) is 0.640. The first-order valence-electron chi connectivity index (χ1n) is 7.54. The Balaban J connectivity index is 1.85. The molecule has 0 unspecified atom stereocenters. The summed E-state index contributed by atoms with van der Waals surface area (Å²) in [7, 11) is 0. The highest BCUT2D eigenvalue weighted by Crippen LogP contribution is 2.28. The van der Waals surface area contributed by atoms with Crippen LogP contribution in [0.25, 0.3) is 0 Å². The van der Waals surface area contributed by atoms with Crippen LogP contribution in [0.4, 0.5) is 4.39 Å². The van der Waals surface area contributed by atoms with Crippen LogP contribution in [0.5, 0.6) is 0 Å². The molecule has 0 spiro atoms. The molecule has 7 heteroatoms. The van der Waals surface area contributed by atoms with Crippen LogP contribution >= 0.6 is 23.2 Å². The largest absolute Gasteiger partial charge is 0.376 e. The van der Waals surface area contributed by atoms with E-state index in [4.69, 9.17) is 27.9 Å². The molecule has 2 heterocycles. The quantitative estimate of drug-likeness (QED) is 0.823. The van der Waals surface area contributed by atoms with E-state index in [0.29, 0.717) is 6.61 Å². The van der Waals surface area contributed by atoms with Crippen molar-refractivity contribution in [1.82, 2.24) is 10.3 Å². The standard InChI is InChI=1S/C17H15Cl2FN2O2/c18-14-8-7-12(16(19)21-14)17(23)22-15(13-2-1-9-24-13)10-3-5-11(20)6-4-10/h3-8,13,15H,1-2,9H2,(H,22,23)/t13-,15+/m1/s1. The van der Waals surface area contributed by atoms with Gasteiger partial charge in [0, 0.05) is 6.61 Å². The summed E-state index contributed by atoms with van der Waals surface area (Å²) in [5, 5.41) is 3.16. The molecular weight excluding hydrogens is 354 g/mol. The minimum absolute atomic E-state index is 0.0326. The van der Waals surface area contributed by atoms with Crippen molar-refractivity contribution in [2.24, 2.45) is 0 Å². The lowest BCUT2D eigenvalue weighted by atomic mass is 9.99. The topological polar surface area (TPSA) is 51.2 Å². The zero-order chi connectivity index (χ0) is 17.1. The predicted octanol–water partition coefficient (Wildman–Crippen LogP) is 4.18. The maximum Gasteiger partial charge on any atom is 0.254 e. The van der Waals surface area contributed by atoms with Crippen LogP contribution in [-0.2, 0) is 4.74 Å². The summed E-state index contributed by atoms with van der Waals surface area (Å²) >= 11 is 11.8. The van der Waals surface area contributed by atoms with Gasteiger partial charge in [-0.2, -0.15) is 0 Å². The van der Waals surface area contributed by atoms with Crippen molar-refractivity contribution < 1.29 is 13.9 Å². The van der Waals surface area contributed by atoms with Gasteiger partial charge >= 0.3 is 0 Å². The molecule has 1 aliphatic rings. The third kappa shape index (κ3) is 3.86. The SMILES string of the molecule is O=C(N[C@@H](c1ccc(F)cc1)[C@H]1CCCO1)c1ccc(Cl)nc1Cl. The second-order valence-electron chi connectivity index (χ2n) is 5.53. The Morgan fingerprint density at radius 1 is 1.25 bits per heavy atom. The van der Waals surface area contributed by atoms with Crippen LogP contribution in [0.3, 0.4) is 0 Å². The van der Waals surface area contributed by atoms with Crippen molar-refractivity contribution in [3.05, 3.63) is 63.6 Å². The van der Waals surface area contributed by atoms with Crippen LogP contribution in [0.15, 0.2) is 36.4 Å². The summed E-state index contributed by atoms with van der Waals surface area (Å²) in [6.07, 6.45) is 1.56. The average molecular weight is 369 g/mol. The number of nitrogens with zero attached hydrogens (tertiary/aromatic N) is 1. The molecule has 2 aromatic rings. The number of carbonyl (C=O) groups excluding carboxylic acids is 1. The fourth-order valence-corrected chi connectivity index (χ4v) is 3.16. The van der Waals surface area contributed by atoms with E-state index in [-0.39, 0.29) is 33.7 Å². The number of ether oxygens (including phenoxy) is 1. The zero-order valence-corrected chi connectivity index (χ0v) is 14.1. The van der Waals surface area contributed by atoms with Crippen LogP contribution in [-0.4, -0.2) is 23.6 Å². The van der Waals surface area contributed by atoms with Gasteiger partial charge in [0.15, 0.2) is 0 Å². The molecule has 0 saturated carbocycles. The Hall–Kier alpha value is -1.69. The molecule has 0 aliphatic carbocycles. The van der Waals surface area contributed by atoms with Crippen LogP contribution in [0.2, 0.25) is 10.3 Å².